The van der Waals surface area contributed by atoms with Gasteiger partial charge in [-0.2, -0.15) is 0 Å². The van der Waals surface area contributed by atoms with Crippen molar-refractivity contribution in [1.82, 2.24) is 9.88 Å². The molecule has 3 aromatic rings. The predicted molar refractivity (Wildman–Crippen MR) is 147 cm³/mol. The molecule has 1 fully saturated rings. The molecule has 6 nitrogen and oxygen atoms in total. The number of nitrogens with one attached hydrogen (secondary N) is 1. The first kappa shape index (κ1) is 25.1. The Morgan fingerprint density at radius 3 is 2.86 bits per heavy atom. The van der Waals surface area contributed by atoms with Gasteiger partial charge in [0.25, 0.3) is 5.91 Å². The molecule has 1 aliphatic rings. The quantitative estimate of drug-likeness (QED) is 0.288. The Balaban J connectivity index is 1.26. The van der Waals surface area contributed by atoms with Crippen LogP contribution in [-0.2, 0) is 16.0 Å². The molecule has 0 unspecified atom stereocenters. The molecule has 0 bridgehead atoms. The van der Waals surface area contributed by atoms with Crippen LogP contribution in [0.15, 0.2) is 59.6 Å². The van der Waals surface area contributed by atoms with E-state index in [9.17, 15) is 9.59 Å². The van der Waals surface area contributed by atoms with E-state index >= 15 is 0 Å². The fourth-order valence-electron chi connectivity index (χ4n) is 3.63. The van der Waals surface area contributed by atoms with Crippen molar-refractivity contribution < 1.29 is 14.3 Å². The lowest BCUT2D eigenvalue weighted by Crippen LogP contribution is -2.29. The number of anilines is 1. The molecule has 0 aliphatic carbocycles. The number of benzene rings is 2. The molecule has 4 rings (SSSR count). The highest BCUT2D eigenvalue weighted by Gasteiger charge is 2.31. The number of amides is 2. The summed E-state index contributed by atoms with van der Waals surface area (Å²) >= 11 is 8.15. The average molecular weight is 524 g/mol. The van der Waals surface area contributed by atoms with Crippen molar-refractivity contribution >= 4 is 62.7 Å². The molecule has 35 heavy (non-hydrogen) atoms. The summed E-state index contributed by atoms with van der Waals surface area (Å²) in [4.78, 5) is 32.8. The average Bonchev–Trinajstić information content (AvgIpc) is 3.37. The van der Waals surface area contributed by atoms with Crippen LogP contribution >= 0.6 is 35.3 Å². The van der Waals surface area contributed by atoms with Crippen LogP contribution in [0.1, 0.15) is 34.4 Å². The van der Waals surface area contributed by atoms with Crippen LogP contribution < -0.4 is 10.1 Å². The Kier molecular flexibility index (Phi) is 8.33. The number of ether oxygens (including phenoxy) is 1. The van der Waals surface area contributed by atoms with Gasteiger partial charge < -0.3 is 10.1 Å². The van der Waals surface area contributed by atoms with E-state index in [2.05, 4.69) is 35.4 Å². The number of carbonyl (C=O) groups excluding carboxylic acids is 2. The highest BCUT2D eigenvalue weighted by atomic mass is 32.2. The Morgan fingerprint density at radius 1 is 1.23 bits per heavy atom. The molecule has 180 valence electrons. The van der Waals surface area contributed by atoms with Gasteiger partial charge in [0.15, 0.2) is 5.13 Å². The molecule has 1 saturated heterocycles. The van der Waals surface area contributed by atoms with Crippen LogP contribution in [0.3, 0.4) is 0 Å². The number of thioether (sulfide) groups is 1. The number of hydrogen-bond donors (Lipinski definition) is 1. The molecule has 0 saturated carbocycles. The standard InChI is InChI=1S/C26H25N3O3S3/c1-17-6-3-7-18(12-17)14-21-16-27-25(34-21)28-23(30)10-5-11-29-24(31)22(35-26(29)33)15-19-8-4-9-20(13-19)32-2/h3-4,6-9,12-13,15-16H,5,10-11,14H2,1-2H3,(H,27,28,30). The maximum atomic E-state index is 12.8. The van der Waals surface area contributed by atoms with E-state index < -0.39 is 0 Å². The van der Waals surface area contributed by atoms with Crippen molar-refractivity contribution in [2.45, 2.75) is 26.2 Å². The van der Waals surface area contributed by atoms with E-state index in [1.807, 2.05) is 36.4 Å². The first-order valence-corrected chi connectivity index (χ1v) is 13.1. The summed E-state index contributed by atoms with van der Waals surface area (Å²) in [5.74, 6) is 0.463. The number of thiazole rings is 1. The molecule has 2 heterocycles. The molecule has 9 heteroatoms. The summed E-state index contributed by atoms with van der Waals surface area (Å²) in [7, 11) is 1.60. The van der Waals surface area contributed by atoms with E-state index in [-0.39, 0.29) is 18.2 Å². The zero-order valence-electron chi connectivity index (χ0n) is 19.4. The highest BCUT2D eigenvalue weighted by molar-refractivity contribution is 8.26. The largest absolute Gasteiger partial charge is 0.497 e. The van der Waals surface area contributed by atoms with Gasteiger partial charge in [-0.1, -0.05) is 65.9 Å². The van der Waals surface area contributed by atoms with Gasteiger partial charge in [0.1, 0.15) is 10.1 Å². The van der Waals surface area contributed by atoms with Crippen molar-refractivity contribution in [3.8, 4) is 5.75 Å². The summed E-state index contributed by atoms with van der Waals surface area (Å²) in [6, 6.07) is 15.8. The first-order valence-electron chi connectivity index (χ1n) is 11.1. The molecule has 2 aromatic carbocycles. The van der Waals surface area contributed by atoms with Gasteiger partial charge in [-0.3, -0.25) is 14.5 Å². The number of nitrogens with zero attached hydrogens (tertiary/aromatic N) is 2. The number of aromatic nitrogens is 1. The molecule has 2 amide bonds. The molecule has 1 aliphatic heterocycles. The monoisotopic (exact) mass is 523 g/mol. The van der Waals surface area contributed by atoms with Gasteiger partial charge in [0, 0.05) is 30.5 Å². The highest BCUT2D eigenvalue weighted by Crippen LogP contribution is 2.33. The molecule has 0 radical (unpaired) electrons. The van der Waals surface area contributed by atoms with Crippen molar-refractivity contribution in [1.29, 1.82) is 0 Å². The van der Waals surface area contributed by atoms with Crippen LogP contribution in [0.25, 0.3) is 6.08 Å². The number of hydrogen-bond acceptors (Lipinski definition) is 7. The summed E-state index contributed by atoms with van der Waals surface area (Å²) < 4.78 is 5.74. The summed E-state index contributed by atoms with van der Waals surface area (Å²) in [5.41, 5.74) is 3.31. The van der Waals surface area contributed by atoms with Crippen molar-refractivity contribution in [3.63, 3.8) is 0 Å². The predicted octanol–water partition coefficient (Wildman–Crippen LogP) is 5.67. The van der Waals surface area contributed by atoms with Crippen LogP contribution in [0.4, 0.5) is 5.13 Å². The van der Waals surface area contributed by atoms with Gasteiger partial charge in [-0.25, -0.2) is 4.98 Å². The minimum absolute atomic E-state index is 0.126. The third-order valence-electron chi connectivity index (χ3n) is 5.31. The molecule has 0 spiro atoms. The SMILES string of the molecule is COc1cccc(C=C2SC(=S)N(CCCC(=O)Nc3ncc(Cc4cccc(C)c4)s3)C2=O)c1. The van der Waals surface area contributed by atoms with Crippen LogP contribution in [0.5, 0.6) is 5.75 Å². The maximum Gasteiger partial charge on any atom is 0.266 e. The third-order valence-corrected chi connectivity index (χ3v) is 7.60. The van der Waals surface area contributed by atoms with Crippen molar-refractivity contribution in [2.75, 3.05) is 19.0 Å². The third kappa shape index (κ3) is 6.78. The number of aryl methyl sites for hydroxylation is 1. The van der Waals surface area contributed by atoms with Gasteiger partial charge >= 0.3 is 0 Å². The number of rotatable bonds is 9. The first-order chi connectivity index (χ1) is 16.9. The lowest BCUT2D eigenvalue weighted by molar-refractivity contribution is -0.122. The second kappa shape index (κ2) is 11.6. The van der Waals surface area contributed by atoms with E-state index in [1.54, 1.807) is 18.2 Å². The minimum atomic E-state index is -0.135. The molecular formula is C26H25N3O3S3. The lowest BCUT2D eigenvalue weighted by Gasteiger charge is -2.13. The summed E-state index contributed by atoms with van der Waals surface area (Å²) in [6.07, 6.45) is 5.18. The zero-order valence-corrected chi connectivity index (χ0v) is 21.9. The Labute approximate surface area is 218 Å². The fraction of sp³-hybridized carbons (Fsp3) is 0.231. The van der Waals surface area contributed by atoms with Gasteiger partial charge in [0.2, 0.25) is 5.91 Å². The van der Waals surface area contributed by atoms with E-state index in [4.69, 9.17) is 17.0 Å². The van der Waals surface area contributed by atoms with Crippen LogP contribution in [0.2, 0.25) is 0 Å². The zero-order chi connectivity index (χ0) is 24.8. The van der Waals surface area contributed by atoms with Gasteiger partial charge in [-0.05, 0) is 42.7 Å². The van der Waals surface area contributed by atoms with E-state index in [1.165, 1.54) is 34.2 Å². The number of thiocarbonyl (C=S) groups is 1. The van der Waals surface area contributed by atoms with E-state index in [0.717, 1.165) is 22.6 Å². The Hall–Kier alpha value is -3.01. The second-order valence-electron chi connectivity index (χ2n) is 8.06. The normalized spacial score (nSPS) is 14.6. The summed E-state index contributed by atoms with van der Waals surface area (Å²) in [5, 5.41) is 3.45. The number of methoxy groups -OCH3 is 1. The second-order valence-corrected chi connectivity index (χ2v) is 10.9. The lowest BCUT2D eigenvalue weighted by atomic mass is 10.1. The molecule has 1 aromatic heterocycles. The topological polar surface area (TPSA) is 71.5 Å². The van der Waals surface area contributed by atoms with Gasteiger partial charge in [0.05, 0.1) is 12.0 Å². The van der Waals surface area contributed by atoms with Gasteiger partial charge in [-0.15, -0.1) is 11.3 Å². The molecule has 1 N–H and O–H groups in total. The molecule has 0 atom stereocenters. The Bertz CT molecular complexity index is 1290. The van der Waals surface area contributed by atoms with Crippen LogP contribution in [-0.4, -0.2) is 39.7 Å². The number of carbonyl (C=O) groups is 2. The van der Waals surface area contributed by atoms with Crippen LogP contribution in [0, 0.1) is 6.92 Å². The van der Waals surface area contributed by atoms with Crippen molar-refractivity contribution in [2.24, 2.45) is 0 Å². The minimum Gasteiger partial charge on any atom is -0.497 e. The summed E-state index contributed by atoms with van der Waals surface area (Å²) in [6.45, 7) is 2.46. The maximum absolute atomic E-state index is 12.8. The van der Waals surface area contributed by atoms with Crippen molar-refractivity contribution in [3.05, 3.63) is 81.2 Å². The van der Waals surface area contributed by atoms with E-state index in [0.29, 0.717) is 27.3 Å². The fourth-order valence-corrected chi connectivity index (χ4v) is 5.80. The smallest absolute Gasteiger partial charge is 0.266 e. The Morgan fingerprint density at radius 2 is 2.06 bits per heavy atom. The molecular weight excluding hydrogens is 499 g/mol.